The number of non-ortho nitro benzene ring substituents is 1. The Balaban J connectivity index is 2.06. The van der Waals surface area contributed by atoms with Crippen molar-refractivity contribution in [3.8, 4) is 5.75 Å². The highest BCUT2D eigenvalue weighted by Crippen LogP contribution is 2.21. The van der Waals surface area contributed by atoms with E-state index in [2.05, 4.69) is 5.32 Å². The summed E-state index contributed by atoms with van der Waals surface area (Å²) >= 11 is 0. The molecular formula is C17H15N2O6-. The molecule has 0 saturated heterocycles. The van der Waals surface area contributed by atoms with Crippen molar-refractivity contribution in [1.29, 1.82) is 0 Å². The van der Waals surface area contributed by atoms with Gasteiger partial charge in [0.2, 0.25) is 0 Å². The van der Waals surface area contributed by atoms with E-state index in [4.69, 9.17) is 4.74 Å². The number of rotatable bonds is 8. The van der Waals surface area contributed by atoms with E-state index in [0.29, 0.717) is 11.3 Å². The van der Waals surface area contributed by atoms with E-state index in [1.54, 1.807) is 30.3 Å². The maximum atomic E-state index is 12.0. The van der Waals surface area contributed by atoms with Crippen molar-refractivity contribution in [1.82, 2.24) is 5.32 Å². The minimum absolute atomic E-state index is 0.198. The van der Waals surface area contributed by atoms with Gasteiger partial charge in [-0.1, -0.05) is 30.3 Å². The summed E-state index contributed by atoms with van der Waals surface area (Å²) in [7, 11) is 0. The minimum Gasteiger partial charge on any atom is -0.550 e. The summed E-state index contributed by atoms with van der Waals surface area (Å²) in [5.41, 5.74) is 0.0992. The lowest BCUT2D eigenvalue weighted by Gasteiger charge is -2.19. The lowest BCUT2D eigenvalue weighted by Crippen LogP contribution is -2.36. The first-order chi connectivity index (χ1) is 12.0. The molecule has 0 radical (unpaired) electrons. The van der Waals surface area contributed by atoms with Crippen LogP contribution < -0.4 is 15.2 Å². The van der Waals surface area contributed by atoms with Crippen LogP contribution in [-0.2, 0) is 9.59 Å². The van der Waals surface area contributed by atoms with Gasteiger partial charge in [-0.05, 0) is 17.7 Å². The Bertz CT molecular complexity index is 763. The Labute approximate surface area is 143 Å². The number of nitro benzene ring substituents is 1. The van der Waals surface area contributed by atoms with Crippen LogP contribution in [0.2, 0.25) is 0 Å². The van der Waals surface area contributed by atoms with Crippen molar-refractivity contribution in [3.05, 3.63) is 70.3 Å². The molecule has 0 saturated carbocycles. The first-order valence-electron chi connectivity index (χ1n) is 7.37. The first kappa shape index (κ1) is 17.9. The van der Waals surface area contributed by atoms with Crippen LogP contribution in [-0.4, -0.2) is 23.4 Å². The predicted octanol–water partition coefficient (Wildman–Crippen LogP) is 0.971. The second-order valence-electron chi connectivity index (χ2n) is 5.15. The zero-order chi connectivity index (χ0) is 18.2. The number of carbonyl (C=O) groups is 2. The van der Waals surface area contributed by atoms with Crippen molar-refractivity contribution in [2.75, 3.05) is 6.61 Å². The Morgan fingerprint density at radius 1 is 1.12 bits per heavy atom. The highest BCUT2D eigenvalue weighted by atomic mass is 16.6. The molecule has 0 fully saturated rings. The van der Waals surface area contributed by atoms with Gasteiger partial charge in [-0.3, -0.25) is 14.9 Å². The maximum Gasteiger partial charge on any atom is 0.269 e. The van der Waals surface area contributed by atoms with Gasteiger partial charge in [-0.25, -0.2) is 0 Å². The third kappa shape index (κ3) is 5.61. The molecule has 8 heteroatoms. The summed E-state index contributed by atoms with van der Waals surface area (Å²) in [5, 5.41) is 24.3. The van der Waals surface area contributed by atoms with Gasteiger partial charge in [0.25, 0.3) is 11.6 Å². The first-order valence-corrected chi connectivity index (χ1v) is 7.37. The average Bonchev–Trinajstić information content (AvgIpc) is 2.60. The molecule has 2 aromatic carbocycles. The standard InChI is InChI=1S/C17H16N2O6/c20-16(11-25-14-7-2-1-3-8-14)18-15(10-17(21)22)12-5-4-6-13(9-12)19(23)24/h1-9,15H,10-11H2,(H,18,20)(H,21,22)/p-1/t15-/m0/s1. The molecule has 1 N–H and O–H groups in total. The van der Waals surface area contributed by atoms with Crippen LogP contribution in [0, 0.1) is 10.1 Å². The second-order valence-corrected chi connectivity index (χ2v) is 5.15. The molecule has 0 unspecified atom stereocenters. The fourth-order valence-electron chi connectivity index (χ4n) is 2.18. The van der Waals surface area contributed by atoms with Crippen LogP contribution in [0.5, 0.6) is 5.75 Å². The van der Waals surface area contributed by atoms with Gasteiger partial charge in [0.15, 0.2) is 6.61 Å². The number of carbonyl (C=O) groups excluding carboxylic acids is 2. The smallest absolute Gasteiger partial charge is 0.269 e. The zero-order valence-corrected chi connectivity index (χ0v) is 13.1. The number of benzene rings is 2. The summed E-state index contributed by atoms with van der Waals surface area (Å²) in [6, 6.07) is 13.1. The topological polar surface area (TPSA) is 122 Å². The number of hydrogen-bond donors (Lipinski definition) is 1. The summed E-state index contributed by atoms with van der Waals surface area (Å²) in [5.74, 6) is -1.45. The van der Waals surface area contributed by atoms with Crippen molar-refractivity contribution in [2.45, 2.75) is 12.5 Å². The third-order valence-corrected chi connectivity index (χ3v) is 3.30. The summed E-state index contributed by atoms with van der Waals surface area (Å²) in [6.07, 6.45) is -0.516. The molecule has 0 aromatic heterocycles. The molecule has 0 aliphatic rings. The zero-order valence-electron chi connectivity index (χ0n) is 13.1. The molecule has 130 valence electrons. The van der Waals surface area contributed by atoms with Crippen LogP contribution >= 0.6 is 0 Å². The van der Waals surface area contributed by atoms with E-state index < -0.39 is 29.3 Å². The van der Waals surface area contributed by atoms with E-state index in [0.717, 1.165) is 0 Å². The summed E-state index contributed by atoms with van der Waals surface area (Å²) < 4.78 is 5.29. The summed E-state index contributed by atoms with van der Waals surface area (Å²) in [6.45, 7) is -0.317. The maximum absolute atomic E-state index is 12.0. The Morgan fingerprint density at radius 3 is 2.48 bits per heavy atom. The van der Waals surface area contributed by atoms with Crippen molar-refractivity contribution < 1.29 is 24.4 Å². The van der Waals surface area contributed by atoms with Gasteiger partial charge >= 0.3 is 0 Å². The number of carboxylic acids is 1. The van der Waals surface area contributed by atoms with E-state index in [-0.39, 0.29) is 12.3 Å². The van der Waals surface area contributed by atoms with Crippen LogP contribution in [0.15, 0.2) is 54.6 Å². The monoisotopic (exact) mass is 343 g/mol. The molecule has 1 atom stereocenters. The van der Waals surface area contributed by atoms with E-state index >= 15 is 0 Å². The van der Waals surface area contributed by atoms with Crippen molar-refractivity contribution in [2.24, 2.45) is 0 Å². The van der Waals surface area contributed by atoms with Crippen LogP contribution in [0.1, 0.15) is 18.0 Å². The van der Waals surface area contributed by atoms with E-state index in [1.807, 2.05) is 0 Å². The van der Waals surface area contributed by atoms with Gasteiger partial charge in [0, 0.05) is 24.5 Å². The molecule has 2 rings (SSSR count). The number of ether oxygens (including phenoxy) is 1. The number of carboxylic acid groups (broad SMARTS) is 1. The fourth-order valence-corrected chi connectivity index (χ4v) is 2.18. The number of para-hydroxylation sites is 1. The highest BCUT2D eigenvalue weighted by molar-refractivity contribution is 5.79. The van der Waals surface area contributed by atoms with Crippen LogP contribution in [0.4, 0.5) is 5.69 Å². The number of aliphatic carboxylic acids is 1. The van der Waals surface area contributed by atoms with Crippen LogP contribution in [0.3, 0.4) is 0 Å². The summed E-state index contributed by atoms with van der Waals surface area (Å²) in [4.78, 5) is 33.2. The largest absolute Gasteiger partial charge is 0.550 e. The quantitative estimate of drug-likeness (QED) is 0.563. The predicted molar refractivity (Wildman–Crippen MR) is 85.5 cm³/mol. The number of hydrogen-bond acceptors (Lipinski definition) is 6. The van der Waals surface area contributed by atoms with Gasteiger partial charge in [0.1, 0.15) is 5.75 Å². The van der Waals surface area contributed by atoms with Gasteiger partial charge in [0.05, 0.1) is 11.0 Å². The molecular weight excluding hydrogens is 328 g/mol. The Hall–Kier alpha value is -3.42. The normalized spacial score (nSPS) is 11.4. The molecule has 1 amide bonds. The molecule has 0 heterocycles. The van der Waals surface area contributed by atoms with Crippen molar-refractivity contribution >= 4 is 17.6 Å². The lowest BCUT2D eigenvalue weighted by molar-refractivity contribution is -0.385. The fraction of sp³-hybridized carbons (Fsp3) is 0.176. The van der Waals surface area contributed by atoms with Gasteiger partial charge in [-0.2, -0.15) is 0 Å². The highest BCUT2D eigenvalue weighted by Gasteiger charge is 2.18. The van der Waals surface area contributed by atoms with Crippen molar-refractivity contribution in [3.63, 3.8) is 0 Å². The Morgan fingerprint density at radius 2 is 1.84 bits per heavy atom. The molecule has 0 spiro atoms. The molecule has 2 aromatic rings. The minimum atomic E-state index is -1.39. The average molecular weight is 343 g/mol. The van der Waals surface area contributed by atoms with E-state index in [1.165, 1.54) is 24.3 Å². The number of nitrogens with zero attached hydrogens (tertiary/aromatic N) is 1. The molecule has 0 aliphatic carbocycles. The van der Waals surface area contributed by atoms with Crippen LogP contribution in [0.25, 0.3) is 0 Å². The van der Waals surface area contributed by atoms with Gasteiger partial charge in [-0.15, -0.1) is 0 Å². The molecule has 0 aliphatic heterocycles. The van der Waals surface area contributed by atoms with Gasteiger partial charge < -0.3 is 20.0 Å². The number of nitrogens with one attached hydrogen (secondary N) is 1. The number of nitro groups is 1. The lowest BCUT2D eigenvalue weighted by atomic mass is 10.0. The molecule has 25 heavy (non-hydrogen) atoms. The SMILES string of the molecule is O=C([O-])C[C@H](NC(=O)COc1ccccc1)c1cccc([N+](=O)[O-])c1. The molecule has 8 nitrogen and oxygen atoms in total. The third-order valence-electron chi connectivity index (χ3n) is 3.30. The second kappa shape index (κ2) is 8.44. The molecule has 0 bridgehead atoms. The van der Waals surface area contributed by atoms with E-state index in [9.17, 15) is 24.8 Å². The Kier molecular flexibility index (Phi) is 6.05. The number of amides is 1.